The predicted molar refractivity (Wildman–Crippen MR) is 94.4 cm³/mol. The number of aryl methyl sites for hydroxylation is 1. The Labute approximate surface area is 149 Å². The highest BCUT2D eigenvalue weighted by atomic mass is 16.5. The lowest BCUT2D eigenvalue weighted by atomic mass is 9.90. The number of H-pyrrole nitrogens is 1. The molecule has 0 bridgehead atoms. The van der Waals surface area contributed by atoms with Gasteiger partial charge in [0.15, 0.2) is 5.69 Å². The van der Waals surface area contributed by atoms with E-state index in [1.165, 1.54) is 4.68 Å². The van der Waals surface area contributed by atoms with Crippen LogP contribution in [0.15, 0.2) is 18.3 Å². The number of aromatic amines is 1. The number of aromatic nitrogens is 5. The molecular weight excluding hydrogens is 336 g/mol. The van der Waals surface area contributed by atoms with Gasteiger partial charge in [-0.3, -0.25) is 14.8 Å². The summed E-state index contributed by atoms with van der Waals surface area (Å²) >= 11 is 0. The maximum atomic E-state index is 12.3. The molecule has 1 amide bonds. The van der Waals surface area contributed by atoms with Gasteiger partial charge in [-0.05, 0) is 30.4 Å². The molecule has 1 fully saturated rings. The van der Waals surface area contributed by atoms with Crippen molar-refractivity contribution in [3.05, 3.63) is 29.6 Å². The first-order valence-electron chi connectivity index (χ1n) is 8.47. The Morgan fingerprint density at radius 1 is 1.38 bits per heavy atom. The molecule has 1 aliphatic heterocycles. The normalized spacial score (nSPS) is 15.3. The third kappa shape index (κ3) is 3.01. The van der Waals surface area contributed by atoms with Crippen LogP contribution in [0, 0.1) is 0 Å². The molecule has 1 aromatic carbocycles. The summed E-state index contributed by atoms with van der Waals surface area (Å²) in [6.45, 7) is 1.50. The highest BCUT2D eigenvalue weighted by Gasteiger charge is 2.22. The van der Waals surface area contributed by atoms with Crippen LogP contribution in [0.1, 0.15) is 34.8 Å². The second-order valence-electron chi connectivity index (χ2n) is 6.28. The zero-order valence-corrected chi connectivity index (χ0v) is 14.7. The molecule has 0 saturated carbocycles. The van der Waals surface area contributed by atoms with Crippen LogP contribution in [0.25, 0.3) is 11.0 Å². The monoisotopic (exact) mass is 356 g/mol. The van der Waals surface area contributed by atoms with Crippen LogP contribution < -0.4 is 10.1 Å². The van der Waals surface area contributed by atoms with Gasteiger partial charge in [0.2, 0.25) is 5.95 Å². The zero-order valence-electron chi connectivity index (χ0n) is 14.7. The summed E-state index contributed by atoms with van der Waals surface area (Å²) in [7, 11) is 3.32. The Balaban J connectivity index is 1.69. The number of imidazole rings is 1. The first kappa shape index (κ1) is 16.5. The van der Waals surface area contributed by atoms with Gasteiger partial charge in [0.1, 0.15) is 11.3 Å². The van der Waals surface area contributed by atoms with E-state index in [2.05, 4.69) is 25.6 Å². The predicted octanol–water partition coefficient (Wildman–Crippen LogP) is 1.85. The summed E-state index contributed by atoms with van der Waals surface area (Å²) in [4.78, 5) is 20.1. The Hall–Kier alpha value is -2.94. The number of nitrogens with zero attached hydrogens (tertiary/aromatic N) is 4. The minimum absolute atomic E-state index is 0.226. The molecule has 1 saturated heterocycles. The fourth-order valence-electron chi connectivity index (χ4n) is 3.28. The number of carbonyl (C=O) groups excluding carboxylic acids is 1. The quantitative estimate of drug-likeness (QED) is 0.739. The number of hydrogen-bond acceptors (Lipinski definition) is 6. The lowest BCUT2D eigenvalue weighted by Crippen LogP contribution is -2.14. The van der Waals surface area contributed by atoms with Gasteiger partial charge in [-0.2, -0.15) is 0 Å². The minimum Gasteiger partial charge on any atom is -0.494 e. The Kier molecular flexibility index (Phi) is 4.29. The van der Waals surface area contributed by atoms with Crippen LogP contribution in [0.2, 0.25) is 0 Å². The number of benzene rings is 1. The molecule has 26 heavy (non-hydrogen) atoms. The third-order valence-electron chi connectivity index (χ3n) is 4.59. The average Bonchev–Trinajstić information content (AvgIpc) is 3.27. The van der Waals surface area contributed by atoms with Gasteiger partial charge < -0.3 is 14.5 Å². The molecule has 3 aromatic rings. The van der Waals surface area contributed by atoms with Crippen LogP contribution in [-0.4, -0.2) is 51.2 Å². The van der Waals surface area contributed by atoms with Gasteiger partial charge in [-0.15, -0.1) is 5.10 Å². The van der Waals surface area contributed by atoms with Gasteiger partial charge in [0.05, 0.1) is 18.8 Å². The summed E-state index contributed by atoms with van der Waals surface area (Å²) in [6, 6.07) is 3.98. The molecule has 0 unspecified atom stereocenters. The van der Waals surface area contributed by atoms with Crippen molar-refractivity contribution in [3.63, 3.8) is 0 Å². The van der Waals surface area contributed by atoms with E-state index < -0.39 is 0 Å². The molecule has 0 spiro atoms. The molecule has 0 atom stereocenters. The van der Waals surface area contributed by atoms with Crippen LogP contribution in [0.5, 0.6) is 5.75 Å². The second kappa shape index (κ2) is 6.75. The molecule has 2 aromatic heterocycles. The minimum atomic E-state index is -0.372. The first-order valence-corrected chi connectivity index (χ1v) is 8.47. The Morgan fingerprint density at radius 2 is 2.19 bits per heavy atom. The molecule has 3 heterocycles. The van der Waals surface area contributed by atoms with Crippen molar-refractivity contribution < 1.29 is 14.3 Å². The number of methoxy groups -OCH3 is 1. The lowest BCUT2D eigenvalue weighted by molar-refractivity contribution is 0.0856. The highest BCUT2D eigenvalue weighted by molar-refractivity contribution is 6.02. The van der Waals surface area contributed by atoms with Gasteiger partial charge in [-0.25, -0.2) is 4.98 Å². The van der Waals surface area contributed by atoms with E-state index in [0.29, 0.717) is 17.6 Å². The molecule has 136 valence electrons. The molecular formula is C17H20N6O3. The standard InChI is InChI=1S/C17H20N6O3/c1-23-9-12(21-22-23)16(24)20-17-18-14-11(10-5-7-26-8-6-10)3-4-13(25-2)15(14)19-17/h3-4,9-10H,5-8H2,1-2H3,(H2,18,19,20,24). The molecule has 9 nitrogen and oxygen atoms in total. The van der Waals surface area contributed by atoms with E-state index in [4.69, 9.17) is 9.47 Å². The summed E-state index contributed by atoms with van der Waals surface area (Å²) in [5.41, 5.74) is 2.95. The number of nitrogens with one attached hydrogen (secondary N) is 2. The van der Waals surface area contributed by atoms with E-state index in [-0.39, 0.29) is 11.6 Å². The third-order valence-corrected chi connectivity index (χ3v) is 4.59. The van der Waals surface area contributed by atoms with E-state index in [1.807, 2.05) is 12.1 Å². The topological polar surface area (TPSA) is 107 Å². The molecule has 0 aliphatic carbocycles. The number of hydrogen-bond donors (Lipinski definition) is 2. The van der Waals surface area contributed by atoms with E-state index in [0.717, 1.165) is 42.7 Å². The van der Waals surface area contributed by atoms with E-state index in [1.54, 1.807) is 20.4 Å². The molecule has 9 heteroatoms. The number of ether oxygens (including phenoxy) is 2. The van der Waals surface area contributed by atoms with Crippen LogP contribution in [0.4, 0.5) is 5.95 Å². The van der Waals surface area contributed by atoms with Crippen molar-refractivity contribution in [1.82, 2.24) is 25.0 Å². The summed E-state index contributed by atoms with van der Waals surface area (Å²) < 4.78 is 12.4. The van der Waals surface area contributed by atoms with Crippen molar-refractivity contribution in [1.29, 1.82) is 0 Å². The van der Waals surface area contributed by atoms with Gasteiger partial charge in [0, 0.05) is 20.3 Å². The number of rotatable bonds is 4. The van der Waals surface area contributed by atoms with Crippen molar-refractivity contribution in [3.8, 4) is 5.75 Å². The number of anilines is 1. The number of carbonyl (C=O) groups is 1. The van der Waals surface area contributed by atoms with Crippen LogP contribution in [0.3, 0.4) is 0 Å². The van der Waals surface area contributed by atoms with Gasteiger partial charge in [-0.1, -0.05) is 11.3 Å². The highest BCUT2D eigenvalue weighted by Crippen LogP contribution is 2.35. The van der Waals surface area contributed by atoms with Gasteiger partial charge in [0.25, 0.3) is 5.91 Å². The molecule has 1 aliphatic rings. The summed E-state index contributed by atoms with van der Waals surface area (Å²) in [5.74, 6) is 1.05. The van der Waals surface area contributed by atoms with Crippen molar-refractivity contribution >= 4 is 22.9 Å². The maximum absolute atomic E-state index is 12.3. The van der Waals surface area contributed by atoms with Gasteiger partial charge >= 0.3 is 0 Å². The SMILES string of the molecule is COc1ccc(C2CCOCC2)c2nc(NC(=O)c3cn(C)nn3)[nH]c12. The fourth-order valence-corrected chi connectivity index (χ4v) is 3.28. The van der Waals surface area contributed by atoms with Crippen molar-refractivity contribution in [2.75, 3.05) is 25.6 Å². The Bertz CT molecular complexity index is 941. The number of amides is 1. The fraction of sp³-hybridized carbons (Fsp3) is 0.412. The summed E-state index contributed by atoms with van der Waals surface area (Å²) in [5, 5.41) is 10.3. The smallest absolute Gasteiger partial charge is 0.280 e. The molecule has 4 rings (SSSR count). The lowest BCUT2D eigenvalue weighted by Gasteiger charge is -2.22. The Morgan fingerprint density at radius 3 is 2.88 bits per heavy atom. The number of fused-ring (bicyclic) bond motifs is 1. The first-order chi connectivity index (χ1) is 12.7. The largest absolute Gasteiger partial charge is 0.494 e. The average molecular weight is 356 g/mol. The van der Waals surface area contributed by atoms with Crippen LogP contribution >= 0.6 is 0 Å². The van der Waals surface area contributed by atoms with E-state index >= 15 is 0 Å². The maximum Gasteiger partial charge on any atom is 0.280 e. The second-order valence-corrected chi connectivity index (χ2v) is 6.28. The van der Waals surface area contributed by atoms with Crippen molar-refractivity contribution in [2.24, 2.45) is 7.05 Å². The van der Waals surface area contributed by atoms with Crippen molar-refractivity contribution in [2.45, 2.75) is 18.8 Å². The zero-order chi connectivity index (χ0) is 18.1. The molecule has 0 radical (unpaired) electrons. The van der Waals surface area contributed by atoms with Crippen LogP contribution in [-0.2, 0) is 11.8 Å². The molecule has 2 N–H and O–H groups in total. The van der Waals surface area contributed by atoms with E-state index in [9.17, 15) is 4.79 Å². The summed E-state index contributed by atoms with van der Waals surface area (Å²) in [6.07, 6.45) is 3.46.